The molecule has 0 radical (unpaired) electrons. The third-order valence-corrected chi connectivity index (χ3v) is 5.34. The highest BCUT2D eigenvalue weighted by atomic mass is 16.5. The second kappa shape index (κ2) is 18.8. The molecule has 0 saturated carbocycles. The van der Waals surface area contributed by atoms with E-state index in [4.69, 9.17) is 4.74 Å². The van der Waals surface area contributed by atoms with Gasteiger partial charge >= 0.3 is 5.97 Å². The number of esters is 1. The Bertz CT molecular complexity index is 317. The molecule has 0 rings (SSSR count). The Balaban J connectivity index is 3.10. The average Bonchev–Trinajstić information content (AvgIpc) is 2.62. The Hall–Kier alpha value is -0.530. The SMILES string of the molecule is CCCCCCCCCCCCCCCCCCCCOC(=O)C(C)(C)C. The highest BCUT2D eigenvalue weighted by molar-refractivity contribution is 5.75. The van der Waals surface area contributed by atoms with Crippen LogP contribution in [0.15, 0.2) is 0 Å². The fourth-order valence-electron chi connectivity index (χ4n) is 3.39. The monoisotopic (exact) mass is 382 g/mol. The molecule has 2 heteroatoms. The van der Waals surface area contributed by atoms with E-state index in [1.54, 1.807) is 0 Å². The molecule has 0 fully saturated rings. The van der Waals surface area contributed by atoms with Crippen LogP contribution in [0, 0.1) is 5.41 Å². The Morgan fingerprint density at radius 2 is 0.852 bits per heavy atom. The number of carbonyl (C=O) groups is 1. The van der Waals surface area contributed by atoms with Gasteiger partial charge in [-0.2, -0.15) is 0 Å². The van der Waals surface area contributed by atoms with Gasteiger partial charge in [-0.1, -0.05) is 116 Å². The summed E-state index contributed by atoms with van der Waals surface area (Å²) in [7, 11) is 0. The molecule has 0 aliphatic rings. The molecule has 0 atom stereocenters. The van der Waals surface area contributed by atoms with Gasteiger partial charge in [-0.3, -0.25) is 4.79 Å². The van der Waals surface area contributed by atoms with E-state index in [0.717, 1.165) is 6.42 Å². The summed E-state index contributed by atoms with van der Waals surface area (Å²) in [6.07, 6.45) is 24.8. The number of unbranched alkanes of at least 4 members (excludes halogenated alkanes) is 17. The minimum Gasteiger partial charge on any atom is -0.465 e. The molecule has 0 unspecified atom stereocenters. The van der Waals surface area contributed by atoms with E-state index >= 15 is 0 Å². The van der Waals surface area contributed by atoms with Crippen LogP contribution in [0.4, 0.5) is 0 Å². The van der Waals surface area contributed by atoms with Crippen molar-refractivity contribution in [3.63, 3.8) is 0 Å². The van der Waals surface area contributed by atoms with Crippen molar-refractivity contribution in [2.45, 2.75) is 143 Å². The maximum Gasteiger partial charge on any atom is 0.311 e. The highest BCUT2D eigenvalue weighted by Gasteiger charge is 2.22. The van der Waals surface area contributed by atoms with Gasteiger partial charge < -0.3 is 4.74 Å². The van der Waals surface area contributed by atoms with Crippen LogP contribution in [0.2, 0.25) is 0 Å². The molecule has 0 aliphatic heterocycles. The van der Waals surface area contributed by atoms with Gasteiger partial charge in [-0.15, -0.1) is 0 Å². The first-order valence-electron chi connectivity index (χ1n) is 12.2. The van der Waals surface area contributed by atoms with Crippen LogP contribution in [0.3, 0.4) is 0 Å². The third-order valence-electron chi connectivity index (χ3n) is 5.34. The van der Waals surface area contributed by atoms with E-state index in [9.17, 15) is 4.79 Å². The van der Waals surface area contributed by atoms with Crippen molar-refractivity contribution in [2.75, 3.05) is 6.61 Å². The summed E-state index contributed by atoms with van der Waals surface area (Å²) in [5.41, 5.74) is -0.367. The summed E-state index contributed by atoms with van der Waals surface area (Å²) in [5.74, 6) is -0.0746. The van der Waals surface area contributed by atoms with Crippen LogP contribution in [0.1, 0.15) is 143 Å². The number of hydrogen-bond acceptors (Lipinski definition) is 2. The number of carbonyl (C=O) groups excluding carboxylic acids is 1. The first-order valence-corrected chi connectivity index (χ1v) is 12.2. The molecular weight excluding hydrogens is 332 g/mol. The van der Waals surface area contributed by atoms with E-state index in [2.05, 4.69) is 6.92 Å². The highest BCUT2D eigenvalue weighted by Crippen LogP contribution is 2.16. The van der Waals surface area contributed by atoms with Crippen molar-refractivity contribution >= 4 is 5.97 Å². The topological polar surface area (TPSA) is 26.3 Å². The standard InChI is InChI=1S/C25H50O2/c1-5-6-7-8-9-10-11-12-13-14-15-16-17-18-19-20-21-22-23-27-24(26)25(2,3)4/h5-23H2,1-4H3. The number of rotatable bonds is 19. The first kappa shape index (κ1) is 26.5. The number of hydrogen-bond donors (Lipinski definition) is 0. The molecular formula is C25H50O2. The van der Waals surface area contributed by atoms with Crippen LogP contribution < -0.4 is 0 Å². The summed E-state index contributed by atoms with van der Waals surface area (Å²) in [6, 6.07) is 0. The van der Waals surface area contributed by atoms with Crippen molar-refractivity contribution in [1.29, 1.82) is 0 Å². The summed E-state index contributed by atoms with van der Waals surface area (Å²) in [4.78, 5) is 11.6. The lowest BCUT2D eigenvalue weighted by molar-refractivity contribution is -0.153. The quantitative estimate of drug-likeness (QED) is 0.165. The molecule has 2 nitrogen and oxygen atoms in total. The van der Waals surface area contributed by atoms with Crippen molar-refractivity contribution in [3.8, 4) is 0 Å². The van der Waals surface area contributed by atoms with Crippen LogP contribution in [-0.2, 0) is 9.53 Å². The van der Waals surface area contributed by atoms with Crippen molar-refractivity contribution in [2.24, 2.45) is 5.41 Å². The minimum absolute atomic E-state index is 0.0746. The molecule has 0 amide bonds. The van der Waals surface area contributed by atoms with Gasteiger partial charge in [0, 0.05) is 0 Å². The van der Waals surface area contributed by atoms with Crippen LogP contribution in [-0.4, -0.2) is 12.6 Å². The molecule has 0 aromatic heterocycles. The molecule has 27 heavy (non-hydrogen) atoms. The summed E-state index contributed by atoms with van der Waals surface area (Å²) in [5, 5.41) is 0. The fourth-order valence-corrected chi connectivity index (χ4v) is 3.39. The molecule has 0 bridgehead atoms. The fraction of sp³-hybridized carbons (Fsp3) is 0.960. The lowest BCUT2D eigenvalue weighted by atomic mass is 9.97. The normalized spacial score (nSPS) is 11.7. The zero-order chi connectivity index (χ0) is 20.2. The average molecular weight is 383 g/mol. The Kier molecular flexibility index (Phi) is 18.4. The van der Waals surface area contributed by atoms with Crippen molar-refractivity contribution in [3.05, 3.63) is 0 Å². The van der Waals surface area contributed by atoms with Gasteiger partial charge in [0.2, 0.25) is 0 Å². The van der Waals surface area contributed by atoms with Crippen LogP contribution in [0.5, 0.6) is 0 Å². The zero-order valence-electron chi connectivity index (χ0n) is 19.3. The smallest absolute Gasteiger partial charge is 0.311 e. The predicted molar refractivity (Wildman–Crippen MR) is 119 cm³/mol. The Labute approximate surface area is 171 Å². The largest absolute Gasteiger partial charge is 0.465 e. The van der Waals surface area contributed by atoms with E-state index in [1.807, 2.05) is 20.8 Å². The molecule has 0 aromatic carbocycles. The molecule has 0 spiro atoms. The molecule has 0 saturated heterocycles. The maximum atomic E-state index is 11.6. The molecule has 0 aliphatic carbocycles. The molecule has 0 heterocycles. The van der Waals surface area contributed by atoms with Crippen LogP contribution in [0.25, 0.3) is 0 Å². The lowest BCUT2D eigenvalue weighted by Gasteiger charge is -2.16. The van der Waals surface area contributed by atoms with E-state index in [-0.39, 0.29) is 11.4 Å². The number of ether oxygens (including phenoxy) is 1. The van der Waals surface area contributed by atoms with E-state index in [0.29, 0.717) is 6.61 Å². The Morgan fingerprint density at radius 3 is 1.15 bits per heavy atom. The molecule has 0 N–H and O–H groups in total. The van der Waals surface area contributed by atoms with Crippen molar-refractivity contribution in [1.82, 2.24) is 0 Å². The van der Waals surface area contributed by atoms with Gasteiger partial charge in [-0.05, 0) is 27.2 Å². The zero-order valence-corrected chi connectivity index (χ0v) is 19.3. The third kappa shape index (κ3) is 20.0. The summed E-state index contributed by atoms with van der Waals surface area (Å²) in [6.45, 7) is 8.60. The molecule has 162 valence electrons. The lowest BCUT2D eigenvalue weighted by Crippen LogP contribution is -2.23. The predicted octanol–water partition coefficient (Wildman–Crippen LogP) is 8.62. The van der Waals surface area contributed by atoms with Gasteiger partial charge in [0.25, 0.3) is 0 Å². The van der Waals surface area contributed by atoms with Gasteiger partial charge in [0.05, 0.1) is 12.0 Å². The van der Waals surface area contributed by atoms with E-state index in [1.165, 1.54) is 109 Å². The van der Waals surface area contributed by atoms with Gasteiger partial charge in [-0.25, -0.2) is 0 Å². The van der Waals surface area contributed by atoms with Crippen LogP contribution >= 0.6 is 0 Å². The summed E-state index contributed by atoms with van der Waals surface area (Å²) < 4.78 is 5.30. The second-order valence-electron chi connectivity index (χ2n) is 9.40. The van der Waals surface area contributed by atoms with E-state index < -0.39 is 0 Å². The molecule has 0 aromatic rings. The van der Waals surface area contributed by atoms with Crippen molar-refractivity contribution < 1.29 is 9.53 Å². The van der Waals surface area contributed by atoms with Gasteiger partial charge in [0.1, 0.15) is 0 Å². The van der Waals surface area contributed by atoms with Gasteiger partial charge in [0.15, 0.2) is 0 Å². The maximum absolute atomic E-state index is 11.6. The summed E-state index contributed by atoms with van der Waals surface area (Å²) >= 11 is 0. The second-order valence-corrected chi connectivity index (χ2v) is 9.40. The first-order chi connectivity index (χ1) is 13.0. The Morgan fingerprint density at radius 1 is 0.556 bits per heavy atom. The minimum atomic E-state index is -0.367.